The molecule has 1 aliphatic rings. The number of anilines is 1. The number of nitrogens with two attached hydrogens (primary N) is 1. The Hall–Kier alpha value is -1.28. The maximum absolute atomic E-state index is 12.7. The van der Waals surface area contributed by atoms with Gasteiger partial charge in [0.2, 0.25) is 10.0 Å². The van der Waals surface area contributed by atoms with Gasteiger partial charge in [0.1, 0.15) is 6.54 Å². The molecular weight excluding hydrogens is 305 g/mol. The van der Waals surface area contributed by atoms with Gasteiger partial charge in [0, 0.05) is 11.7 Å². The number of halogens is 3. The highest BCUT2D eigenvalue weighted by molar-refractivity contribution is 7.89. The van der Waals surface area contributed by atoms with Gasteiger partial charge in [0.25, 0.3) is 0 Å². The molecule has 1 atom stereocenters. The maximum Gasteiger partial charge on any atom is 0.402 e. The summed E-state index contributed by atoms with van der Waals surface area (Å²) < 4.78 is 63.8. The second kappa shape index (κ2) is 5.49. The lowest BCUT2D eigenvalue weighted by atomic mass is 10.2. The van der Waals surface area contributed by atoms with Crippen LogP contribution in [0.5, 0.6) is 0 Å². The predicted octanol–water partition coefficient (Wildman–Crippen LogP) is 2.62. The molecule has 2 N–H and O–H groups in total. The lowest BCUT2D eigenvalue weighted by molar-refractivity contribution is -0.139. The topological polar surface area (TPSA) is 63.4 Å². The van der Waals surface area contributed by atoms with Gasteiger partial charge in [-0.15, -0.1) is 0 Å². The number of hydrogen-bond acceptors (Lipinski definition) is 3. The molecular formula is C13H17F3N2O2S. The third-order valence-corrected chi connectivity index (χ3v) is 5.49. The number of hydrogen-bond donors (Lipinski definition) is 1. The van der Waals surface area contributed by atoms with Crippen molar-refractivity contribution in [2.45, 2.75) is 36.9 Å². The number of sulfonamides is 1. The van der Waals surface area contributed by atoms with Gasteiger partial charge in [0.15, 0.2) is 0 Å². The average molecular weight is 322 g/mol. The second-order valence-electron chi connectivity index (χ2n) is 5.32. The van der Waals surface area contributed by atoms with Crippen molar-refractivity contribution in [1.82, 2.24) is 4.31 Å². The van der Waals surface area contributed by atoms with Gasteiger partial charge in [-0.25, -0.2) is 8.42 Å². The molecule has 4 nitrogen and oxygen atoms in total. The van der Waals surface area contributed by atoms with Crippen LogP contribution in [0.15, 0.2) is 29.2 Å². The first kappa shape index (κ1) is 16.1. The van der Waals surface area contributed by atoms with E-state index >= 15 is 0 Å². The minimum atomic E-state index is -4.59. The highest BCUT2D eigenvalue weighted by Gasteiger charge is 2.44. The Labute approximate surface area is 121 Å². The lowest BCUT2D eigenvalue weighted by Crippen LogP contribution is -2.45. The molecule has 0 aromatic heterocycles. The van der Waals surface area contributed by atoms with Crippen LogP contribution >= 0.6 is 0 Å². The van der Waals surface area contributed by atoms with Gasteiger partial charge in [-0.2, -0.15) is 17.5 Å². The number of nitrogens with zero attached hydrogens (tertiary/aromatic N) is 1. The smallest absolute Gasteiger partial charge is 0.399 e. The van der Waals surface area contributed by atoms with Crippen molar-refractivity contribution in [2.24, 2.45) is 5.92 Å². The fourth-order valence-corrected chi connectivity index (χ4v) is 3.98. The van der Waals surface area contributed by atoms with Crippen LogP contribution in [-0.2, 0) is 10.0 Å². The van der Waals surface area contributed by atoms with Gasteiger partial charge < -0.3 is 5.73 Å². The molecule has 0 aliphatic heterocycles. The summed E-state index contributed by atoms with van der Waals surface area (Å²) in [7, 11) is -4.23. The first-order chi connectivity index (χ1) is 9.61. The molecule has 0 saturated heterocycles. The molecule has 1 unspecified atom stereocenters. The zero-order valence-electron chi connectivity index (χ0n) is 11.5. The Morgan fingerprint density at radius 3 is 2.48 bits per heavy atom. The van der Waals surface area contributed by atoms with Crippen molar-refractivity contribution in [2.75, 3.05) is 12.3 Å². The van der Waals surface area contributed by atoms with Gasteiger partial charge in [-0.3, -0.25) is 0 Å². The molecule has 1 aromatic rings. The van der Waals surface area contributed by atoms with Crippen molar-refractivity contribution in [3.63, 3.8) is 0 Å². The Morgan fingerprint density at radius 1 is 1.38 bits per heavy atom. The van der Waals surface area contributed by atoms with Crippen LogP contribution in [0.4, 0.5) is 18.9 Å². The van der Waals surface area contributed by atoms with Gasteiger partial charge >= 0.3 is 6.18 Å². The van der Waals surface area contributed by atoms with Crippen LogP contribution in [0, 0.1) is 5.92 Å². The molecule has 1 aliphatic carbocycles. The highest BCUT2D eigenvalue weighted by Crippen LogP contribution is 2.38. The lowest BCUT2D eigenvalue weighted by Gasteiger charge is -2.29. The molecule has 1 aromatic carbocycles. The molecule has 0 spiro atoms. The predicted molar refractivity (Wildman–Crippen MR) is 73.0 cm³/mol. The number of nitrogen functional groups attached to an aromatic ring is 1. The standard InChI is InChI=1S/C13H17F3N2O2S/c1-9(10-5-6-10)18(8-13(14,15)16)21(19,20)12-4-2-3-11(17)7-12/h2-4,7,9-10H,5-6,8,17H2,1H3. The van der Waals surface area contributed by atoms with Crippen LogP contribution in [0.2, 0.25) is 0 Å². The molecule has 1 fully saturated rings. The minimum absolute atomic E-state index is 0.0109. The third-order valence-electron chi connectivity index (χ3n) is 3.56. The van der Waals surface area contributed by atoms with E-state index in [2.05, 4.69) is 0 Å². The largest absolute Gasteiger partial charge is 0.402 e. The van der Waals surface area contributed by atoms with Gasteiger partial charge in [-0.1, -0.05) is 6.07 Å². The molecule has 2 rings (SSSR count). The van der Waals surface area contributed by atoms with E-state index in [0.717, 1.165) is 12.8 Å². The van der Waals surface area contributed by atoms with E-state index in [1.807, 2.05) is 0 Å². The van der Waals surface area contributed by atoms with E-state index in [9.17, 15) is 21.6 Å². The maximum atomic E-state index is 12.7. The minimum Gasteiger partial charge on any atom is -0.399 e. The van der Waals surface area contributed by atoms with E-state index in [0.29, 0.717) is 4.31 Å². The Balaban J connectivity index is 2.38. The van der Waals surface area contributed by atoms with E-state index in [4.69, 9.17) is 5.73 Å². The third kappa shape index (κ3) is 3.88. The first-order valence-corrected chi connectivity index (χ1v) is 7.99. The monoisotopic (exact) mass is 322 g/mol. The number of alkyl halides is 3. The summed E-state index contributed by atoms with van der Waals surface area (Å²) in [4.78, 5) is -0.209. The number of rotatable bonds is 5. The summed E-state index contributed by atoms with van der Waals surface area (Å²) >= 11 is 0. The first-order valence-electron chi connectivity index (χ1n) is 6.55. The summed E-state index contributed by atoms with van der Waals surface area (Å²) in [5.74, 6) is -0.0109. The fraction of sp³-hybridized carbons (Fsp3) is 0.538. The molecule has 0 heterocycles. The molecule has 21 heavy (non-hydrogen) atoms. The van der Waals surface area contributed by atoms with Crippen molar-refractivity contribution >= 4 is 15.7 Å². The van der Waals surface area contributed by atoms with Crippen molar-refractivity contribution in [1.29, 1.82) is 0 Å². The van der Waals surface area contributed by atoms with Gasteiger partial charge in [0.05, 0.1) is 4.90 Å². The van der Waals surface area contributed by atoms with Crippen molar-refractivity contribution < 1.29 is 21.6 Å². The summed E-state index contributed by atoms with van der Waals surface area (Å²) in [6, 6.07) is 4.65. The molecule has 1 saturated carbocycles. The molecule has 0 radical (unpaired) electrons. The summed E-state index contributed by atoms with van der Waals surface area (Å²) in [6.45, 7) is 0.0368. The molecule has 118 valence electrons. The Bertz CT molecular complexity index is 612. The Morgan fingerprint density at radius 2 is 2.00 bits per heavy atom. The SMILES string of the molecule is CC(C1CC1)N(CC(F)(F)F)S(=O)(=O)c1cccc(N)c1. The Kier molecular flexibility index (Phi) is 4.21. The van der Waals surface area contributed by atoms with Gasteiger partial charge in [-0.05, 0) is 43.9 Å². The molecule has 0 amide bonds. The molecule has 0 bridgehead atoms. The summed E-state index contributed by atoms with van der Waals surface area (Å²) in [5.41, 5.74) is 5.72. The van der Waals surface area contributed by atoms with Crippen LogP contribution < -0.4 is 5.73 Å². The van der Waals surface area contributed by atoms with E-state index in [-0.39, 0.29) is 16.5 Å². The quantitative estimate of drug-likeness (QED) is 0.848. The normalized spacial score (nSPS) is 18.0. The summed E-state index contributed by atoms with van der Waals surface area (Å²) in [5, 5.41) is 0. The molecule has 8 heteroatoms. The van der Waals surface area contributed by atoms with Crippen molar-refractivity contribution in [3.05, 3.63) is 24.3 Å². The van der Waals surface area contributed by atoms with Crippen LogP contribution in [0.1, 0.15) is 19.8 Å². The second-order valence-corrected chi connectivity index (χ2v) is 7.21. The van der Waals surface area contributed by atoms with Crippen LogP contribution in [-0.4, -0.2) is 31.5 Å². The van der Waals surface area contributed by atoms with E-state index in [1.54, 1.807) is 0 Å². The number of benzene rings is 1. The zero-order valence-corrected chi connectivity index (χ0v) is 12.3. The van der Waals surface area contributed by atoms with E-state index in [1.165, 1.54) is 31.2 Å². The van der Waals surface area contributed by atoms with E-state index < -0.39 is 28.8 Å². The highest BCUT2D eigenvalue weighted by atomic mass is 32.2. The van der Waals surface area contributed by atoms with Crippen LogP contribution in [0.3, 0.4) is 0 Å². The average Bonchev–Trinajstić information content (AvgIpc) is 3.18. The van der Waals surface area contributed by atoms with Crippen LogP contribution in [0.25, 0.3) is 0 Å². The summed E-state index contributed by atoms with van der Waals surface area (Å²) in [6.07, 6.45) is -3.08. The fourth-order valence-electron chi connectivity index (χ4n) is 2.25. The van der Waals surface area contributed by atoms with Crippen molar-refractivity contribution in [3.8, 4) is 0 Å². The zero-order chi connectivity index (χ0) is 15.8.